The van der Waals surface area contributed by atoms with E-state index in [0.29, 0.717) is 30.2 Å². The standard InChI is InChI=1S/C32H32N2O3/c1-4-34-30-13-9-8-12-28(30)29-18-24(14-15-31(29)34)22-33(17-16-23-10-6-5-7-11-23)32(35)25-19-26(36-2)21-27(20-25)37-3/h5-15,18-21H,4,16-17,22H2,1-3H3. The van der Waals surface area contributed by atoms with Gasteiger partial charge in [0.05, 0.1) is 14.2 Å². The highest BCUT2D eigenvalue weighted by molar-refractivity contribution is 6.08. The van der Waals surface area contributed by atoms with Gasteiger partial charge < -0.3 is 18.9 Å². The van der Waals surface area contributed by atoms with Crippen molar-refractivity contribution in [3.63, 3.8) is 0 Å². The first kappa shape index (κ1) is 24.4. The van der Waals surface area contributed by atoms with E-state index in [1.165, 1.54) is 27.4 Å². The van der Waals surface area contributed by atoms with Crippen molar-refractivity contribution in [1.29, 1.82) is 0 Å². The van der Waals surface area contributed by atoms with Gasteiger partial charge in [0.15, 0.2) is 0 Å². The number of carbonyl (C=O) groups is 1. The highest BCUT2D eigenvalue weighted by atomic mass is 16.5. The van der Waals surface area contributed by atoms with Crippen LogP contribution in [0, 0.1) is 0 Å². The molecule has 0 fully saturated rings. The quantitative estimate of drug-likeness (QED) is 0.229. The third-order valence-corrected chi connectivity index (χ3v) is 6.93. The minimum atomic E-state index is -0.0517. The molecule has 5 rings (SSSR count). The summed E-state index contributed by atoms with van der Waals surface area (Å²) in [5.74, 6) is 1.14. The molecule has 0 aliphatic heterocycles. The SMILES string of the molecule is CCn1c2ccccc2c2cc(CN(CCc3ccccc3)C(=O)c3cc(OC)cc(OC)c3)ccc21. The van der Waals surface area contributed by atoms with Crippen LogP contribution in [0.2, 0.25) is 0 Å². The number of fused-ring (bicyclic) bond motifs is 3. The molecule has 37 heavy (non-hydrogen) atoms. The third kappa shape index (κ3) is 5.03. The lowest BCUT2D eigenvalue weighted by molar-refractivity contribution is 0.0744. The van der Waals surface area contributed by atoms with Gasteiger partial charge in [-0.05, 0) is 54.8 Å². The topological polar surface area (TPSA) is 43.7 Å². The number of para-hydroxylation sites is 1. The number of methoxy groups -OCH3 is 2. The molecule has 1 aromatic heterocycles. The van der Waals surface area contributed by atoms with Crippen LogP contribution in [-0.4, -0.2) is 36.1 Å². The Kier molecular flexibility index (Phi) is 7.13. The maximum Gasteiger partial charge on any atom is 0.254 e. The first-order chi connectivity index (χ1) is 18.1. The number of rotatable bonds is 9. The van der Waals surface area contributed by atoms with Crippen LogP contribution in [-0.2, 0) is 19.5 Å². The van der Waals surface area contributed by atoms with Gasteiger partial charge in [0.25, 0.3) is 5.91 Å². The molecule has 0 spiro atoms. The minimum absolute atomic E-state index is 0.0517. The van der Waals surface area contributed by atoms with Gasteiger partial charge in [-0.1, -0.05) is 54.6 Å². The second kappa shape index (κ2) is 10.8. The first-order valence-corrected chi connectivity index (χ1v) is 12.7. The van der Waals surface area contributed by atoms with Crippen molar-refractivity contribution in [2.45, 2.75) is 26.4 Å². The van der Waals surface area contributed by atoms with Crippen molar-refractivity contribution < 1.29 is 14.3 Å². The summed E-state index contributed by atoms with van der Waals surface area (Å²) in [7, 11) is 3.19. The summed E-state index contributed by atoms with van der Waals surface area (Å²) in [4.78, 5) is 15.8. The molecule has 4 aromatic carbocycles. The molecule has 0 N–H and O–H groups in total. The Morgan fingerprint density at radius 3 is 2.14 bits per heavy atom. The summed E-state index contributed by atoms with van der Waals surface area (Å²) in [6, 6.07) is 30.7. The molecule has 5 nitrogen and oxygen atoms in total. The van der Waals surface area contributed by atoms with Crippen molar-refractivity contribution in [3.05, 3.63) is 108 Å². The molecular weight excluding hydrogens is 460 g/mol. The average Bonchev–Trinajstić information content (AvgIpc) is 3.28. The predicted molar refractivity (Wildman–Crippen MR) is 150 cm³/mol. The van der Waals surface area contributed by atoms with Crippen molar-refractivity contribution in [2.75, 3.05) is 20.8 Å². The number of carbonyl (C=O) groups excluding carboxylic acids is 1. The molecule has 0 aliphatic carbocycles. The first-order valence-electron chi connectivity index (χ1n) is 12.7. The predicted octanol–water partition coefficient (Wildman–Crippen LogP) is 6.72. The third-order valence-electron chi connectivity index (χ3n) is 6.93. The van der Waals surface area contributed by atoms with Crippen LogP contribution in [0.4, 0.5) is 0 Å². The second-order valence-corrected chi connectivity index (χ2v) is 9.18. The summed E-state index contributed by atoms with van der Waals surface area (Å²) >= 11 is 0. The zero-order chi connectivity index (χ0) is 25.8. The summed E-state index contributed by atoms with van der Waals surface area (Å²) in [5.41, 5.74) is 5.30. The number of aromatic nitrogens is 1. The van der Waals surface area contributed by atoms with E-state index < -0.39 is 0 Å². The molecule has 5 heteroatoms. The van der Waals surface area contributed by atoms with Crippen LogP contribution in [0.25, 0.3) is 21.8 Å². The Balaban J connectivity index is 1.51. The van der Waals surface area contributed by atoms with Crippen LogP contribution in [0.3, 0.4) is 0 Å². The van der Waals surface area contributed by atoms with E-state index >= 15 is 0 Å². The van der Waals surface area contributed by atoms with Crippen LogP contribution in [0.1, 0.15) is 28.4 Å². The fraction of sp³-hybridized carbons (Fsp3) is 0.219. The lowest BCUT2D eigenvalue weighted by atomic mass is 10.1. The molecule has 0 saturated heterocycles. The van der Waals surface area contributed by atoms with E-state index in [0.717, 1.165) is 18.5 Å². The van der Waals surface area contributed by atoms with Gasteiger partial charge in [-0.25, -0.2) is 0 Å². The Bertz CT molecular complexity index is 1520. The summed E-state index contributed by atoms with van der Waals surface area (Å²) < 4.78 is 13.2. The molecule has 0 atom stereocenters. The molecule has 188 valence electrons. The monoisotopic (exact) mass is 492 g/mol. The molecule has 0 saturated carbocycles. The van der Waals surface area contributed by atoms with E-state index in [1.54, 1.807) is 32.4 Å². The van der Waals surface area contributed by atoms with Crippen LogP contribution in [0.5, 0.6) is 11.5 Å². The molecular formula is C32H32N2O3. The lowest BCUT2D eigenvalue weighted by Crippen LogP contribution is -2.32. The normalized spacial score (nSPS) is 11.1. The molecule has 0 aliphatic rings. The zero-order valence-electron chi connectivity index (χ0n) is 21.6. The number of amides is 1. The second-order valence-electron chi connectivity index (χ2n) is 9.18. The van der Waals surface area contributed by atoms with E-state index in [4.69, 9.17) is 9.47 Å². The fourth-order valence-electron chi connectivity index (χ4n) is 5.03. The summed E-state index contributed by atoms with van der Waals surface area (Å²) in [6.07, 6.45) is 0.769. The molecule has 1 amide bonds. The molecule has 5 aromatic rings. The van der Waals surface area contributed by atoms with E-state index in [1.807, 2.05) is 23.1 Å². The van der Waals surface area contributed by atoms with Gasteiger partial charge in [0.2, 0.25) is 0 Å². The van der Waals surface area contributed by atoms with Gasteiger partial charge in [-0.2, -0.15) is 0 Å². The molecule has 0 bridgehead atoms. The maximum absolute atomic E-state index is 13.8. The van der Waals surface area contributed by atoms with Crippen LogP contribution >= 0.6 is 0 Å². The maximum atomic E-state index is 13.8. The summed E-state index contributed by atoms with van der Waals surface area (Å²) in [5, 5.41) is 2.45. The Morgan fingerprint density at radius 2 is 1.43 bits per heavy atom. The highest BCUT2D eigenvalue weighted by Gasteiger charge is 2.19. The number of ether oxygens (including phenoxy) is 2. The number of hydrogen-bond acceptors (Lipinski definition) is 3. The molecule has 0 radical (unpaired) electrons. The molecule has 0 unspecified atom stereocenters. The largest absolute Gasteiger partial charge is 0.497 e. The van der Waals surface area contributed by atoms with E-state index in [9.17, 15) is 4.79 Å². The Labute approximate surface area is 217 Å². The highest BCUT2D eigenvalue weighted by Crippen LogP contribution is 2.30. The number of aryl methyl sites for hydroxylation is 1. The zero-order valence-corrected chi connectivity index (χ0v) is 21.6. The number of hydrogen-bond donors (Lipinski definition) is 0. The lowest BCUT2D eigenvalue weighted by Gasteiger charge is -2.24. The minimum Gasteiger partial charge on any atom is -0.497 e. The van der Waals surface area contributed by atoms with Gasteiger partial charge in [-0.3, -0.25) is 4.79 Å². The molecule has 1 heterocycles. The summed E-state index contributed by atoms with van der Waals surface area (Å²) in [6.45, 7) is 4.18. The van der Waals surface area contributed by atoms with Crippen LogP contribution in [0.15, 0.2) is 91.0 Å². The number of nitrogens with zero attached hydrogens (tertiary/aromatic N) is 2. The Morgan fingerprint density at radius 1 is 0.757 bits per heavy atom. The van der Waals surface area contributed by atoms with Crippen molar-refractivity contribution in [1.82, 2.24) is 9.47 Å². The van der Waals surface area contributed by atoms with Gasteiger partial charge in [-0.15, -0.1) is 0 Å². The van der Waals surface area contributed by atoms with Gasteiger partial charge in [0, 0.05) is 53.1 Å². The van der Waals surface area contributed by atoms with Crippen molar-refractivity contribution in [2.24, 2.45) is 0 Å². The van der Waals surface area contributed by atoms with Crippen molar-refractivity contribution in [3.8, 4) is 11.5 Å². The fourth-order valence-corrected chi connectivity index (χ4v) is 5.03. The Hall–Kier alpha value is -4.25. The van der Waals surface area contributed by atoms with Crippen molar-refractivity contribution >= 4 is 27.7 Å². The van der Waals surface area contributed by atoms with Gasteiger partial charge >= 0.3 is 0 Å². The number of benzene rings is 4. The van der Waals surface area contributed by atoms with Crippen LogP contribution < -0.4 is 9.47 Å². The van der Waals surface area contributed by atoms with Gasteiger partial charge in [0.1, 0.15) is 11.5 Å². The van der Waals surface area contributed by atoms with E-state index in [2.05, 4.69) is 66.1 Å². The smallest absolute Gasteiger partial charge is 0.254 e. The average molecular weight is 493 g/mol. The van der Waals surface area contributed by atoms with E-state index in [-0.39, 0.29) is 5.91 Å².